The van der Waals surface area contributed by atoms with E-state index in [9.17, 15) is 9.59 Å². The van der Waals surface area contributed by atoms with Gasteiger partial charge >= 0.3 is 0 Å². The van der Waals surface area contributed by atoms with Gasteiger partial charge in [-0.15, -0.1) is 0 Å². The Labute approximate surface area is 136 Å². The van der Waals surface area contributed by atoms with Crippen molar-refractivity contribution in [3.63, 3.8) is 0 Å². The highest BCUT2D eigenvalue weighted by Crippen LogP contribution is 2.24. The van der Waals surface area contributed by atoms with Crippen molar-refractivity contribution in [3.05, 3.63) is 35.9 Å². The third kappa shape index (κ3) is 4.53. The zero-order chi connectivity index (χ0) is 16.7. The number of carbonyl (C=O) groups excluding carboxylic acids is 2. The summed E-state index contributed by atoms with van der Waals surface area (Å²) in [5, 5.41) is 11.7. The smallest absolute Gasteiger partial charge is 0.254 e. The predicted octanol–water partition coefficient (Wildman–Crippen LogP) is 0.864. The van der Waals surface area contributed by atoms with E-state index in [2.05, 4.69) is 5.32 Å². The van der Waals surface area contributed by atoms with Crippen molar-refractivity contribution in [3.8, 4) is 0 Å². The second kappa shape index (κ2) is 8.64. The van der Waals surface area contributed by atoms with Gasteiger partial charge in [0.25, 0.3) is 5.91 Å². The highest BCUT2D eigenvalue weighted by Gasteiger charge is 2.37. The number of nitrogens with one attached hydrogen (secondary N) is 1. The van der Waals surface area contributed by atoms with Crippen LogP contribution in [0.25, 0.3) is 0 Å². The minimum Gasteiger partial charge on any atom is -0.396 e. The van der Waals surface area contributed by atoms with Crippen LogP contribution in [0, 0.1) is 0 Å². The molecule has 1 heterocycles. The summed E-state index contributed by atoms with van der Waals surface area (Å²) in [6.07, 6.45) is 0.684. The Morgan fingerprint density at radius 3 is 2.74 bits per heavy atom. The minimum absolute atomic E-state index is 0.103. The van der Waals surface area contributed by atoms with Crippen molar-refractivity contribution in [1.29, 1.82) is 0 Å². The van der Waals surface area contributed by atoms with Gasteiger partial charge in [-0.1, -0.05) is 30.3 Å². The number of carbonyl (C=O) groups is 2. The number of likely N-dealkylation sites (N-methyl/N-ethyl adjacent to an activating group) is 1. The number of hydrogen-bond acceptors (Lipinski definition) is 4. The molecule has 0 aliphatic carbocycles. The van der Waals surface area contributed by atoms with Crippen LogP contribution in [0.3, 0.4) is 0 Å². The normalized spacial score (nSPS) is 20.9. The highest BCUT2D eigenvalue weighted by molar-refractivity contribution is 5.86. The predicted molar refractivity (Wildman–Crippen MR) is 85.6 cm³/mol. The fourth-order valence-corrected chi connectivity index (χ4v) is 2.70. The van der Waals surface area contributed by atoms with Gasteiger partial charge in [-0.3, -0.25) is 9.59 Å². The third-order valence-corrected chi connectivity index (χ3v) is 3.94. The van der Waals surface area contributed by atoms with Crippen LogP contribution in [0.15, 0.2) is 30.3 Å². The van der Waals surface area contributed by atoms with Crippen LogP contribution in [0.4, 0.5) is 0 Å². The van der Waals surface area contributed by atoms with Crippen molar-refractivity contribution in [2.24, 2.45) is 0 Å². The monoisotopic (exact) mass is 320 g/mol. The first-order valence-electron chi connectivity index (χ1n) is 8.03. The van der Waals surface area contributed by atoms with Crippen molar-refractivity contribution >= 4 is 11.8 Å². The molecule has 2 rings (SSSR count). The standard InChI is InChI=1S/C17H24N2O4/c1-2-19(10-6-7-11-20)17(22)16-15(18-14(21)12-23-16)13-8-4-3-5-9-13/h3-5,8-9,15-16,20H,2,6-7,10-12H2,1H3,(H,18,21). The van der Waals surface area contributed by atoms with Gasteiger partial charge in [0.2, 0.25) is 5.91 Å². The molecule has 126 valence electrons. The van der Waals surface area contributed by atoms with E-state index >= 15 is 0 Å². The first-order chi connectivity index (χ1) is 11.2. The SMILES string of the molecule is CCN(CCCCO)C(=O)C1OCC(=O)NC1c1ccccc1. The lowest BCUT2D eigenvalue weighted by Crippen LogP contribution is -2.53. The molecule has 2 N–H and O–H groups in total. The van der Waals surface area contributed by atoms with Gasteiger partial charge in [-0.2, -0.15) is 0 Å². The molecule has 2 atom stereocenters. The maximum absolute atomic E-state index is 12.8. The summed E-state index contributed by atoms with van der Waals surface area (Å²) in [5.74, 6) is -0.342. The van der Waals surface area contributed by atoms with E-state index < -0.39 is 12.1 Å². The molecule has 1 aliphatic heterocycles. The molecular weight excluding hydrogens is 296 g/mol. The number of unbranched alkanes of at least 4 members (excludes halogenated alkanes) is 1. The molecule has 0 bridgehead atoms. The lowest BCUT2D eigenvalue weighted by molar-refractivity contribution is -0.155. The second-order valence-electron chi connectivity index (χ2n) is 5.54. The molecule has 2 amide bonds. The van der Waals surface area contributed by atoms with Crippen LogP contribution in [0.5, 0.6) is 0 Å². The molecular formula is C17H24N2O4. The van der Waals surface area contributed by atoms with Gasteiger partial charge in [0.1, 0.15) is 6.61 Å². The van der Waals surface area contributed by atoms with E-state index in [1.165, 1.54) is 0 Å². The topological polar surface area (TPSA) is 78.9 Å². The number of hydrogen-bond donors (Lipinski definition) is 2. The van der Waals surface area contributed by atoms with Crippen molar-refractivity contribution in [2.45, 2.75) is 31.9 Å². The molecule has 1 aliphatic rings. The van der Waals surface area contributed by atoms with Gasteiger partial charge in [0, 0.05) is 19.7 Å². The number of aliphatic hydroxyl groups excluding tert-OH is 1. The van der Waals surface area contributed by atoms with Crippen LogP contribution < -0.4 is 5.32 Å². The van der Waals surface area contributed by atoms with E-state index in [0.29, 0.717) is 19.5 Å². The number of morpholine rings is 1. The van der Waals surface area contributed by atoms with Crippen LogP contribution in [-0.4, -0.2) is 54.2 Å². The number of amides is 2. The lowest BCUT2D eigenvalue weighted by atomic mass is 9.98. The van der Waals surface area contributed by atoms with Crippen molar-refractivity contribution in [2.75, 3.05) is 26.3 Å². The quantitative estimate of drug-likeness (QED) is 0.731. The molecule has 1 saturated heterocycles. The summed E-state index contributed by atoms with van der Waals surface area (Å²) in [6.45, 7) is 3.07. The average Bonchev–Trinajstić information content (AvgIpc) is 2.59. The fraction of sp³-hybridized carbons (Fsp3) is 0.529. The first-order valence-corrected chi connectivity index (χ1v) is 8.03. The Hall–Kier alpha value is -1.92. The highest BCUT2D eigenvalue weighted by atomic mass is 16.5. The number of rotatable bonds is 7. The summed E-state index contributed by atoms with van der Waals surface area (Å²) >= 11 is 0. The number of aliphatic hydroxyl groups is 1. The van der Waals surface area contributed by atoms with Crippen molar-refractivity contribution in [1.82, 2.24) is 10.2 Å². The molecule has 1 aromatic rings. The summed E-state index contributed by atoms with van der Waals surface area (Å²) in [4.78, 5) is 26.2. The van der Waals surface area contributed by atoms with Gasteiger partial charge in [-0.25, -0.2) is 0 Å². The zero-order valence-corrected chi connectivity index (χ0v) is 13.4. The molecule has 1 fully saturated rings. The van der Waals surface area contributed by atoms with E-state index in [-0.39, 0.29) is 25.0 Å². The summed E-state index contributed by atoms with van der Waals surface area (Å²) < 4.78 is 5.56. The lowest BCUT2D eigenvalue weighted by Gasteiger charge is -2.35. The van der Waals surface area contributed by atoms with Crippen LogP contribution in [0.2, 0.25) is 0 Å². The Balaban J connectivity index is 2.13. The van der Waals surface area contributed by atoms with Gasteiger partial charge < -0.3 is 20.1 Å². The van der Waals surface area contributed by atoms with E-state index in [1.807, 2.05) is 37.3 Å². The summed E-state index contributed by atoms with van der Waals surface area (Å²) in [7, 11) is 0. The van der Waals surface area contributed by atoms with E-state index in [1.54, 1.807) is 4.90 Å². The Morgan fingerprint density at radius 1 is 1.35 bits per heavy atom. The van der Waals surface area contributed by atoms with Gasteiger partial charge in [0.15, 0.2) is 6.10 Å². The summed E-state index contributed by atoms with van der Waals surface area (Å²) in [5.41, 5.74) is 0.852. The number of ether oxygens (including phenoxy) is 1. The second-order valence-corrected chi connectivity index (χ2v) is 5.54. The largest absolute Gasteiger partial charge is 0.396 e. The van der Waals surface area contributed by atoms with Crippen molar-refractivity contribution < 1.29 is 19.4 Å². The molecule has 6 heteroatoms. The number of benzene rings is 1. The van der Waals surface area contributed by atoms with Crippen LogP contribution >= 0.6 is 0 Å². The maximum atomic E-state index is 12.8. The maximum Gasteiger partial charge on any atom is 0.254 e. The summed E-state index contributed by atoms with van der Waals surface area (Å²) in [6, 6.07) is 8.91. The molecule has 0 aromatic heterocycles. The van der Waals surface area contributed by atoms with Gasteiger partial charge in [0.05, 0.1) is 6.04 Å². The molecule has 6 nitrogen and oxygen atoms in total. The Morgan fingerprint density at radius 2 is 2.09 bits per heavy atom. The van der Waals surface area contributed by atoms with E-state index in [4.69, 9.17) is 9.84 Å². The molecule has 1 aromatic carbocycles. The minimum atomic E-state index is -0.718. The Bertz CT molecular complexity index is 521. The molecule has 0 saturated carbocycles. The molecule has 2 unspecified atom stereocenters. The van der Waals surface area contributed by atoms with Crippen LogP contribution in [-0.2, 0) is 14.3 Å². The average molecular weight is 320 g/mol. The van der Waals surface area contributed by atoms with Gasteiger partial charge in [-0.05, 0) is 25.3 Å². The van der Waals surface area contributed by atoms with Crippen LogP contribution in [0.1, 0.15) is 31.4 Å². The molecule has 23 heavy (non-hydrogen) atoms. The first kappa shape index (κ1) is 17.4. The van der Waals surface area contributed by atoms with E-state index in [0.717, 1.165) is 12.0 Å². The number of nitrogens with zero attached hydrogens (tertiary/aromatic N) is 1. The zero-order valence-electron chi connectivity index (χ0n) is 13.4. The third-order valence-electron chi connectivity index (χ3n) is 3.94. The Kier molecular flexibility index (Phi) is 6.55. The molecule has 0 radical (unpaired) electrons. The fourth-order valence-electron chi connectivity index (χ4n) is 2.70. The molecule has 0 spiro atoms.